The maximum absolute atomic E-state index is 13.6. The lowest BCUT2D eigenvalue weighted by Crippen LogP contribution is -2.17. The van der Waals surface area contributed by atoms with Crippen LogP contribution < -0.4 is 0 Å². The molecule has 0 radical (unpaired) electrons. The number of carbonyl (C=O) groups is 1. The first-order valence-electron chi connectivity index (χ1n) is 15.9. The summed E-state index contributed by atoms with van der Waals surface area (Å²) in [7, 11) is -2.28. The van der Waals surface area contributed by atoms with Gasteiger partial charge in [0.2, 0.25) is 0 Å². The lowest BCUT2D eigenvalue weighted by molar-refractivity contribution is -0.133. The summed E-state index contributed by atoms with van der Waals surface area (Å²) in [6.45, 7) is 8.88. The van der Waals surface area contributed by atoms with Gasteiger partial charge in [-0.1, -0.05) is 115 Å². The molecular formula is C37H52O2S. The summed E-state index contributed by atoms with van der Waals surface area (Å²) in [4.78, 5) is 17.1. The van der Waals surface area contributed by atoms with E-state index in [-0.39, 0.29) is 5.97 Å². The van der Waals surface area contributed by atoms with Gasteiger partial charge in [0.1, 0.15) is 0 Å². The van der Waals surface area contributed by atoms with Crippen LogP contribution in [0, 0.1) is 0 Å². The van der Waals surface area contributed by atoms with E-state index < -0.39 is 10.3 Å². The Morgan fingerprint density at radius 2 is 1.05 bits per heavy atom. The van der Waals surface area contributed by atoms with Gasteiger partial charge in [-0.05, 0) is 96.2 Å². The normalized spacial score (nSPS) is 11.9. The highest BCUT2D eigenvalue weighted by atomic mass is 32.3. The van der Waals surface area contributed by atoms with Crippen molar-refractivity contribution < 1.29 is 8.98 Å². The van der Waals surface area contributed by atoms with Crippen LogP contribution in [-0.2, 0) is 28.2 Å². The zero-order valence-electron chi connectivity index (χ0n) is 25.6. The minimum atomic E-state index is -2.28. The Labute approximate surface area is 246 Å². The van der Waals surface area contributed by atoms with E-state index in [2.05, 4.69) is 100 Å². The van der Waals surface area contributed by atoms with E-state index >= 15 is 0 Å². The van der Waals surface area contributed by atoms with Crippen molar-refractivity contribution in [3.63, 3.8) is 0 Å². The molecular weight excluding hydrogens is 508 g/mol. The highest BCUT2D eigenvalue weighted by molar-refractivity contribution is 8.30. The number of unbranched alkanes of at least 4 members (excludes halogenated alkanes) is 6. The topological polar surface area (TPSA) is 26.3 Å². The smallest absolute Gasteiger partial charge is 0.317 e. The average Bonchev–Trinajstić information content (AvgIpc) is 2.98. The summed E-state index contributed by atoms with van der Waals surface area (Å²) in [6, 6.07) is 26.2. The minimum absolute atomic E-state index is 0.101. The molecule has 2 nitrogen and oxygen atoms in total. The predicted molar refractivity (Wildman–Crippen MR) is 172 cm³/mol. The molecule has 0 aliphatic carbocycles. The van der Waals surface area contributed by atoms with Gasteiger partial charge >= 0.3 is 5.97 Å². The number of rotatable bonds is 18. The molecule has 218 valence electrons. The predicted octanol–water partition coefficient (Wildman–Crippen LogP) is 11.4. The van der Waals surface area contributed by atoms with Gasteiger partial charge in [0.15, 0.2) is 0 Å². The van der Waals surface area contributed by atoms with Gasteiger partial charge in [0.05, 0.1) is 0 Å². The summed E-state index contributed by atoms with van der Waals surface area (Å²) in [5.41, 5.74) is 4.23. The molecule has 0 aliphatic rings. The lowest BCUT2D eigenvalue weighted by Gasteiger charge is -2.42. The highest BCUT2D eigenvalue weighted by Crippen LogP contribution is 2.71. The highest BCUT2D eigenvalue weighted by Gasteiger charge is 2.39. The fourth-order valence-corrected chi connectivity index (χ4v) is 9.06. The Bertz CT molecular complexity index is 1070. The van der Waals surface area contributed by atoms with Crippen molar-refractivity contribution in [1.82, 2.24) is 0 Å². The van der Waals surface area contributed by atoms with E-state index in [1.165, 1.54) is 66.5 Å². The maximum Gasteiger partial charge on any atom is 0.317 e. The third kappa shape index (κ3) is 8.49. The van der Waals surface area contributed by atoms with Gasteiger partial charge in [0, 0.05) is 21.1 Å². The molecule has 40 heavy (non-hydrogen) atoms. The Kier molecular flexibility index (Phi) is 13.9. The second-order valence-corrected chi connectivity index (χ2v) is 13.6. The van der Waals surface area contributed by atoms with E-state index in [1.807, 2.05) is 0 Å². The molecule has 0 aliphatic heterocycles. The summed E-state index contributed by atoms with van der Waals surface area (Å²) >= 11 is 0. The van der Waals surface area contributed by atoms with Gasteiger partial charge < -0.3 is 4.18 Å². The SMILES string of the molecule is CCCCCc1cc(CCCCC)c(S(OC(=O)CCC)(c2ccccc2)c2ccccc2)c(CCCCC)c1. The van der Waals surface area contributed by atoms with Gasteiger partial charge in [-0.3, -0.25) is 4.79 Å². The molecule has 0 spiro atoms. The van der Waals surface area contributed by atoms with Gasteiger partial charge in [-0.2, -0.15) is 0 Å². The molecule has 0 fully saturated rings. The molecule has 0 N–H and O–H groups in total. The molecule has 3 aromatic carbocycles. The van der Waals surface area contributed by atoms with Crippen LogP contribution in [-0.4, -0.2) is 5.97 Å². The minimum Gasteiger partial charge on any atom is -0.402 e. The molecule has 0 saturated heterocycles. The monoisotopic (exact) mass is 560 g/mol. The fraction of sp³-hybridized carbons (Fsp3) is 0.486. The van der Waals surface area contributed by atoms with E-state index in [9.17, 15) is 4.79 Å². The second-order valence-electron chi connectivity index (χ2n) is 11.0. The number of hydrogen-bond acceptors (Lipinski definition) is 2. The Morgan fingerprint density at radius 1 is 0.600 bits per heavy atom. The summed E-state index contributed by atoms with van der Waals surface area (Å²) < 4.78 is 6.91. The first-order valence-corrected chi connectivity index (χ1v) is 17.5. The first-order chi connectivity index (χ1) is 19.6. The summed E-state index contributed by atoms with van der Waals surface area (Å²) in [6.07, 6.45) is 15.2. The number of aryl methyl sites for hydroxylation is 3. The van der Waals surface area contributed by atoms with Crippen molar-refractivity contribution in [2.45, 2.75) is 132 Å². The molecule has 3 heteroatoms. The molecule has 0 atom stereocenters. The zero-order chi connectivity index (χ0) is 28.6. The largest absolute Gasteiger partial charge is 0.402 e. The standard InChI is InChI=1S/C37H52O2S/c1-5-9-14-22-31-29-32(23-15-10-6-2)37(33(30-31)24-16-11-7-3)40(39-36(38)21-8-4,34-25-17-12-18-26-34)35-27-19-13-20-28-35/h12-13,17-20,25-30H,5-11,14-16,21-24H2,1-4H3. The van der Waals surface area contributed by atoms with Gasteiger partial charge in [-0.15, -0.1) is 0 Å². The van der Waals surface area contributed by atoms with Crippen LogP contribution in [0.2, 0.25) is 0 Å². The molecule has 0 aromatic heterocycles. The van der Waals surface area contributed by atoms with Crippen LogP contribution in [0.25, 0.3) is 0 Å². The Hall–Kier alpha value is -2.52. The molecule has 3 rings (SSSR count). The van der Waals surface area contributed by atoms with Crippen LogP contribution in [0.1, 0.15) is 115 Å². The molecule has 0 amide bonds. The maximum atomic E-state index is 13.6. The lowest BCUT2D eigenvalue weighted by atomic mass is 9.95. The van der Waals surface area contributed by atoms with E-state index in [4.69, 9.17) is 4.18 Å². The van der Waals surface area contributed by atoms with Crippen molar-refractivity contribution in [3.05, 3.63) is 89.5 Å². The molecule has 0 bridgehead atoms. The summed E-state index contributed by atoms with van der Waals surface area (Å²) in [5, 5.41) is 0. The second kappa shape index (κ2) is 17.3. The molecule has 0 unspecified atom stereocenters. The summed E-state index contributed by atoms with van der Waals surface area (Å²) in [5.74, 6) is -0.101. The third-order valence-electron chi connectivity index (χ3n) is 7.58. The molecule has 3 aromatic rings. The van der Waals surface area contributed by atoms with Crippen LogP contribution in [0.5, 0.6) is 0 Å². The third-order valence-corrected chi connectivity index (χ3v) is 11.0. The zero-order valence-corrected chi connectivity index (χ0v) is 26.4. The van der Waals surface area contributed by atoms with E-state index in [0.717, 1.165) is 48.3 Å². The fourth-order valence-electron chi connectivity index (χ4n) is 5.54. The Balaban J connectivity index is 2.38. The van der Waals surface area contributed by atoms with Crippen LogP contribution in [0.15, 0.2) is 87.5 Å². The quantitative estimate of drug-likeness (QED) is 0.145. The first kappa shape index (κ1) is 32.0. The van der Waals surface area contributed by atoms with Gasteiger partial charge in [-0.25, -0.2) is 0 Å². The van der Waals surface area contributed by atoms with Crippen LogP contribution in [0.4, 0.5) is 0 Å². The number of carbonyl (C=O) groups excluding carboxylic acids is 1. The van der Waals surface area contributed by atoms with E-state index in [1.54, 1.807) is 0 Å². The molecule has 0 saturated carbocycles. The number of hydrogen-bond donors (Lipinski definition) is 0. The van der Waals surface area contributed by atoms with Crippen molar-refractivity contribution in [2.24, 2.45) is 0 Å². The van der Waals surface area contributed by atoms with Crippen molar-refractivity contribution in [1.29, 1.82) is 0 Å². The Morgan fingerprint density at radius 3 is 1.48 bits per heavy atom. The van der Waals surface area contributed by atoms with E-state index in [0.29, 0.717) is 6.42 Å². The van der Waals surface area contributed by atoms with Crippen LogP contribution in [0.3, 0.4) is 0 Å². The van der Waals surface area contributed by atoms with Crippen LogP contribution >= 0.6 is 10.3 Å². The number of benzene rings is 3. The molecule has 0 heterocycles. The van der Waals surface area contributed by atoms with Crippen molar-refractivity contribution in [2.75, 3.05) is 0 Å². The average molecular weight is 561 g/mol. The van der Waals surface area contributed by atoms with Crippen molar-refractivity contribution >= 4 is 16.3 Å². The van der Waals surface area contributed by atoms with Crippen molar-refractivity contribution in [3.8, 4) is 0 Å². The van der Waals surface area contributed by atoms with Gasteiger partial charge in [0.25, 0.3) is 0 Å².